The van der Waals surface area contributed by atoms with Gasteiger partial charge in [-0.05, 0) is 135 Å². The van der Waals surface area contributed by atoms with Crippen LogP contribution in [0.3, 0.4) is 0 Å². The molecule has 16 rings (SSSR count). The molecule has 0 amide bonds. The van der Waals surface area contributed by atoms with E-state index in [9.17, 15) is 0 Å². The number of anilines is 2. The van der Waals surface area contributed by atoms with Gasteiger partial charge in [0.1, 0.15) is 17.4 Å². The molecule has 5 aliphatic carbocycles. The predicted molar refractivity (Wildman–Crippen MR) is 284 cm³/mol. The van der Waals surface area contributed by atoms with Gasteiger partial charge in [0, 0.05) is 50.8 Å². The molecule has 5 nitrogen and oxygen atoms in total. The van der Waals surface area contributed by atoms with Gasteiger partial charge in [-0.1, -0.05) is 164 Å². The van der Waals surface area contributed by atoms with E-state index >= 15 is 0 Å². The van der Waals surface area contributed by atoms with Crippen LogP contribution in [0.4, 0.5) is 11.4 Å². The second kappa shape index (κ2) is 14.0. The molecular formula is C65H48N4O. The zero-order valence-electron chi connectivity index (χ0n) is 38.5. The zero-order chi connectivity index (χ0) is 45.8. The van der Waals surface area contributed by atoms with E-state index in [0.29, 0.717) is 0 Å². The van der Waals surface area contributed by atoms with Crippen LogP contribution >= 0.6 is 0 Å². The Balaban J connectivity index is 0.824. The van der Waals surface area contributed by atoms with E-state index in [1.165, 1.54) is 94.5 Å². The van der Waals surface area contributed by atoms with Gasteiger partial charge in [0.2, 0.25) is 0 Å². The summed E-state index contributed by atoms with van der Waals surface area (Å²) < 4.78 is 9.54. The Hall–Kier alpha value is -8.12. The van der Waals surface area contributed by atoms with E-state index in [-0.39, 0.29) is 12.0 Å². The van der Waals surface area contributed by atoms with Crippen LogP contribution in [0, 0.1) is 0 Å². The molecule has 8 aliphatic rings. The SMILES string of the molecule is C1=CC2Oc3c(ccc4c3-c3ccc(Nc5ccccc5-c5ccc6c(c5)c5c(n6C67NC(c8ccccc8)=C[C@]6(c6ccccc6)N7)C=CCC5)cc3C43C4=C(C=CCC4)c4ccccc43)C2C=C1. The van der Waals surface area contributed by atoms with Gasteiger partial charge in [0.25, 0.3) is 0 Å². The highest BCUT2D eigenvalue weighted by molar-refractivity contribution is 6.00. The van der Waals surface area contributed by atoms with Crippen molar-refractivity contribution >= 4 is 39.6 Å². The quantitative estimate of drug-likeness (QED) is 0.146. The fourth-order valence-corrected chi connectivity index (χ4v) is 14.0. The number of hydrogen-bond acceptors (Lipinski definition) is 4. The third-order valence-electron chi connectivity index (χ3n) is 16.9. The van der Waals surface area contributed by atoms with E-state index in [2.05, 4.69) is 233 Å². The average molecular weight is 901 g/mol. The van der Waals surface area contributed by atoms with E-state index < -0.39 is 16.7 Å². The van der Waals surface area contributed by atoms with Crippen molar-refractivity contribution in [1.29, 1.82) is 0 Å². The number of hydrogen-bond donors (Lipinski definition) is 3. The highest BCUT2D eigenvalue weighted by Gasteiger charge is 2.73. The Bertz CT molecular complexity index is 3810. The molecule has 334 valence electrons. The molecule has 70 heavy (non-hydrogen) atoms. The minimum atomic E-state index is -0.568. The third kappa shape index (κ3) is 4.95. The standard InChI is InChI=1S/C65H48N4O/c1-3-17-40(18-4-1)57-39-63(42-19-5-2-6-20-42)65(67-57,68-63)69-58-29-15-10-24-47(58)51-37-41(31-36-59(51)69)44-21-9-14-28-56(44)66-43-32-33-50-55(38-43)64(52-26-12-7-22-45(52)46-23-8-13-27-53(46)64)54-35-34-49-48-25-11-16-30-60(48)70-62(49)61(50)54/h1-9,11-12,14-23,25-26,28-39,48,60,66-68H,10,13,24,27H2/t48?,60?,63-,64?,65?/m1/s1. The molecule has 1 spiro atoms. The van der Waals surface area contributed by atoms with Crippen molar-refractivity contribution in [2.24, 2.45) is 0 Å². The number of allylic oxidation sites excluding steroid dienone is 7. The predicted octanol–water partition coefficient (Wildman–Crippen LogP) is 14.2. The molecule has 4 unspecified atom stereocenters. The zero-order valence-corrected chi connectivity index (χ0v) is 38.5. The first-order valence-corrected chi connectivity index (χ1v) is 25.1. The molecule has 1 saturated heterocycles. The van der Waals surface area contributed by atoms with Crippen molar-refractivity contribution in [3.8, 4) is 28.0 Å². The van der Waals surface area contributed by atoms with Gasteiger partial charge in [-0.3, -0.25) is 5.32 Å². The maximum atomic E-state index is 6.98. The summed E-state index contributed by atoms with van der Waals surface area (Å²) in [4.78, 5) is 0. The van der Waals surface area contributed by atoms with Crippen molar-refractivity contribution in [2.75, 3.05) is 5.32 Å². The van der Waals surface area contributed by atoms with Gasteiger partial charge in [0.05, 0.1) is 10.9 Å². The lowest BCUT2D eigenvalue weighted by Gasteiger charge is -2.33. The van der Waals surface area contributed by atoms with Crippen molar-refractivity contribution in [3.63, 3.8) is 0 Å². The topological polar surface area (TPSA) is 60.2 Å². The molecule has 1 fully saturated rings. The Morgan fingerprint density at radius 3 is 2.36 bits per heavy atom. The number of aromatic nitrogens is 1. The van der Waals surface area contributed by atoms with E-state index in [1.54, 1.807) is 0 Å². The minimum Gasteiger partial charge on any atom is -0.484 e. The summed E-state index contributed by atoms with van der Waals surface area (Å²) >= 11 is 0. The summed E-state index contributed by atoms with van der Waals surface area (Å²) in [5.41, 5.74) is 23.3. The van der Waals surface area contributed by atoms with Crippen LogP contribution in [-0.2, 0) is 23.2 Å². The van der Waals surface area contributed by atoms with Crippen molar-refractivity contribution in [3.05, 3.63) is 262 Å². The summed E-state index contributed by atoms with van der Waals surface area (Å²) in [7, 11) is 0. The number of rotatable bonds is 6. The fourth-order valence-electron chi connectivity index (χ4n) is 14.0. The summed E-state index contributed by atoms with van der Waals surface area (Å²) in [6.45, 7) is 0. The number of benzene rings is 7. The third-order valence-corrected chi connectivity index (χ3v) is 16.9. The molecule has 4 heterocycles. The van der Waals surface area contributed by atoms with Crippen molar-refractivity contribution in [1.82, 2.24) is 15.2 Å². The molecule has 3 N–H and O–H groups in total. The molecule has 5 heteroatoms. The van der Waals surface area contributed by atoms with Crippen molar-refractivity contribution in [2.45, 2.75) is 54.4 Å². The maximum Gasteiger partial charge on any atom is 0.199 e. The van der Waals surface area contributed by atoms with Gasteiger partial charge in [0.15, 0.2) is 5.79 Å². The van der Waals surface area contributed by atoms with Crippen LogP contribution < -0.4 is 20.7 Å². The lowest BCUT2D eigenvalue weighted by Crippen LogP contribution is -2.38. The average Bonchev–Trinajstić information content (AvgIpc) is 3.92. The number of nitrogens with one attached hydrogen (secondary N) is 3. The van der Waals surface area contributed by atoms with Crippen LogP contribution in [0.2, 0.25) is 0 Å². The highest BCUT2D eigenvalue weighted by Crippen LogP contribution is 2.67. The number of para-hydroxylation sites is 1. The van der Waals surface area contributed by atoms with Gasteiger partial charge in [-0.2, -0.15) is 0 Å². The number of ether oxygens (including phenoxy) is 1. The normalized spacial score (nSPS) is 25.1. The Morgan fingerprint density at radius 2 is 1.44 bits per heavy atom. The summed E-state index contributed by atoms with van der Waals surface area (Å²) in [5, 5.41) is 13.4. The number of aryl methyl sites for hydroxylation is 1. The van der Waals surface area contributed by atoms with Crippen LogP contribution in [-0.4, -0.2) is 10.7 Å². The fraction of sp³-hybridized carbons (Fsp3) is 0.138. The molecule has 3 aliphatic heterocycles. The first-order chi connectivity index (χ1) is 34.6. The first-order valence-electron chi connectivity index (χ1n) is 25.1. The second-order valence-corrected chi connectivity index (χ2v) is 20.3. The van der Waals surface area contributed by atoms with Gasteiger partial charge in [-0.15, -0.1) is 0 Å². The summed E-state index contributed by atoms with van der Waals surface area (Å²) in [6, 6.07) is 58.7. The molecule has 8 aromatic rings. The lowest BCUT2D eigenvalue weighted by molar-refractivity contribution is 0.269. The van der Waals surface area contributed by atoms with Gasteiger partial charge < -0.3 is 19.9 Å². The van der Waals surface area contributed by atoms with Crippen LogP contribution in [0.5, 0.6) is 5.75 Å². The number of fused-ring (bicyclic) bond motifs is 17. The van der Waals surface area contributed by atoms with E-state index in [1.807, 2.05) is 0 Å². The van der Waals surface area contributed by atoms with Gasteiger partial charge >= 0.3 is 0 Å². The Kier molecular flexibility index (Phi) is 7.76. The van der Waals surface area contributed by atoms with Crippen molar-refractivity contribution < 1.29 is 4.74 Å². The van der Waals surface area contributed by atoms with Gasteiger partial charge in [-0.25, -0.2) is 0 Å². The molecule has 5 atom stereocenters. The van der Waals surface area contributed by atoms with Crippen LogP contribution in [0.25, 0.3) is 50.5 Å². The van der Waals surface area contributed by atoms with E-state index in [4.69, 9.17) is 4.74 Å². The molecule has 1 aromatic heterocycles. The molecule has 7 aromatic carbocycles. The number of nitrogens with zero attached hydrogens (tertiary/aromatic N) is 1. The Labute approximate surface area is 407 Å². The lowest BCUT2D eigenvalue weighted by atomic mass is 9.68. The largest absolute Gasteiger partial charge is 0.484 e. The molecule has 0 bridgehead atoms. The molecule has 0 radical (unpaired) electrons. The molecular weight excluding hydrogens is 853 g/mol. The summed E-state index contributed by atoms with van der Waals surface area (Å²) in [6.07, 6.45) is 24.8. The first kappa shape index (κ1) is 38.8. The Morgan fingerprint density at radius 1 is 0.643 bits per heavy atom. The summed E-state index contributed by atoms with van der Waals surface area (Å²) in [5.74, 6) is 0.705. The smallest absolute Gasteiger partial charge is 0.199 e. The highest BCUT2D eigenvalue weighted by atomic mass is 16.5. The molecule has 0 saturated carbocycles. The minimum absolute atomic E-state index is 0.0173. The van der Waals surface area contributed by atoms with Crippen LogP contribution in [0.15, 0.2) is 212 Å². The monoisotopic (exact) mass is 900 g/mol. The second-order valence-electron chi connectivity index (χ2n) is 20.3. The van der Waals surface area contributed by atoms with Crippen LogP contribution in [0.1, 0.15) is 75.4 Å². The maximum absolute atomic E-state index is 6.98. The van der Waals surface area contributed by atoms with E-state index in [0.717, 1.165) is 48.5 Å².